The minimum atomic E-state index is -0.427. The number of aromatic nitrogens is 2. The van der Waals surface area contributed by atoms with Gasteiger partial charge in [0.05, 0.1) is 12.2 Å². The molecule has 1 aromatic heterocycles. The molecule has 0 amide bonds. The highest BCUT2D eigenvalue weighted by Crippen LogP contribution is 2.23. The Morgan fingerprint density at radius 2 is 2.04 bits per heavy atom. The topological polar surface area (TPSA) is 38.1 Å². The van der Waals surface area contributed by atoms with E-state index in [4.69, 9.17) is 0 Å². The molecular formula is C19H21F2N3O. The second-order valence-corrected chi connectivity index (χ2v) is 6.99. The van der Waals surface area contributed by atoms with Crippen molar-refractivity contribution in [3.63, 3.8) is 0 Å². The van der Waals surface area contributed by atoms with Gasteiger partial charge in [-0.25, -0.2) is 13.5 Å². The number of aryl methyl sites for hydroxylation is 2. The Labute approximate surface area is 145 Å². The van der Waals surface area contributed by atoms with Crippen LogP contribution in [0.25, 0.3) is 0 Å². The Morgan fingerprint density at radius 3 is 2.92 bits per heavy atom. The molecule has 0 bridgehead atoms. The van der Waals surface area contributed by atoms with Crippen LogP contribution >= 0.6 is 0 Å². The van der Waals surface area contributed by atoms with E-state index >= 15 is 0 Å². The number of fused-ring (bicyclic) bond motifs is 1. The molecular weight excluding hydrogens is 324 g/mol. The van der Waals surface area contributed by atoms with E-state index in [-0.39, 0.29) is 17.4 Å². The van der Waals surface area contributed by atoms with E-state index in [1.807, 2.05) is 0 Å². The fourth-order valence-electron chi connectivity index (χ4n) is 3.96. The normalized spacial score (nSPS) is 20.2. The first kappa shape index (κ1) is 16.4. The number of rotatable bonds is 4. The van der Waals surface area contributed by atoms with Crippen molar-refractivity contribution in [1.29, 1.82) is 0 Å². The van der Waals surface area contributed by atoms with Gasteiger partial charge >= 0.3 is 0 Å². The molecule has 25 heavy (non-hydrogen) atoms. The van der Waals surface area contributed by atoms with Crippen molar-refractivity contribution in [2.45, 2.75) is 51.2 Å². The molecule has 4 nitrogen and oxygen atoms in total. The number of halogens is 2. The molecule has 1 fully saturated rings. The van der Waals surface area contributed by atoms with Crippen molar-refractivity contribution in [1.82, 2.24) is 14.7 Å². The van der Waals surface area contributed by atoms with Crippen LogP contribution < -0.4 is 5.56 Å². The lowest BCUT2D eigenvalue weighted by atomic mass is 10.1. The zero-order valence-electron chi connectivity index (χ0n) is 14.0. The number of likely N-dealkylation sites (tertiary alicyclic amines) is 1. The third-order valence-corrected chi connectivity index (χ3v) is 5.29. The SMILES string of the molecule is O=c1cc2c(nn1CC1CCCN1Cc1cc(F)ccc1F)CCC2. The second-order valence-electron chi connectivity index (χ2n) is 6.99. The van der Waals surface area contributed by atoms with Gasteiger partial charge in [-0.1, -0.05) is 0 Å². The van der Waals surface area contributed by atoms with E-state index in [2.05, 4.69) is 10.00 Å². The summed E-state index contributed by atoms with van der Waals surface area (Å²) in [5.41, 5.74) is 2.40. The Balaban J connectivity index is 1.52. The Morgan fingerprint density at radius 1 is 1.16 bits per heavy atom. The van der Waals surface area contributed by atoms with E-state index in [0.29, 0.717) is 18.7 Å². The zero-order valence-corrected chi connectivity index (χ0v) is 14.0. The van der Waals surface area contributed by atoms with Gasteiger partial charge in [0.15, 0.2) is 0 Å². The first-order valence-corrected chi connectivity index (χ1v) is 8.88. The van der Waals surface area contributed by atoms with Crippen LogP contribution in [-0.4, -0.2) is 27.3 Å². The molecule has 1 unspecified atom stereocenters. The van der Waals surface area contributed by atoms with E-state index < -0.39 is 5.82 Å². The van der Waals surface area contributed by atoms with Crippen molar-refractivity contribution in [3.8, 4) is 0 Å². The summed E-state index contributed by atoms with van der Waals surface area (Å²) in [6.45, 7) is 1.68. The largest absolute Gasteiger partial charge is 0.294 e. The van der Waals surface area contributed by atoms with Crippen LogP contribution in [0.15, 0.2) is 29.1 Å². The van der Waals surface area contributed by atoms with Crippen LogP contribution in [0.1, 0.15) is 36.1 Å². The lowest BCUT2D eigenvalue weighted by Crippen LogP contribution is -2.37. The number of hydrogen-bond donors (Lipinski definition) is 0. The molecule has 1 saturated heterocycles. The predicted molar refractivity (Wildman–Crippen MR) is 90.3 cm³/mol. The monoisotopic (exact) mass is 345 g/mol. The molecule has 0 spiro atoms. The maximum atomic E-state index is 13.9. The van der Waals surface area contributed by atoms with Gasteiger partial charge in [0, 0.05) is 24.2 Å². The summed E-state index contributed by atoms with van der Waals surface area (Å²) < 4.78 is 28.9. The first-order chi connectivity index (χ1) is 12.1. The molecule has 1 aliphatic heterocycles. The lowest BCUT2D eigenvalue weighted by Gasteiger charge is -2.25. The standard InChI is InChI=1S/C19H21F2N3O/c20-15-6-7-17(21)14(9-15)11-23-8-2-4-16(23)12-24-19(25)10-13-3-1-5-18(13)22-24/h6-7,9-10,16H,1-5,8,11-12H2. The molecule has 0 saturated carbocycles. The minimum Gasteiger partial charge on any atom is -0.294 e. The summed E-state index contributed by atoms with van der Waals surface area (Å²) in [5.74, 6) is -0.816. The highest BCUT2D eigenvalue weighted by Gasteiger charge is 2.27. The van der Waals surface area contributed by atoms with Crippen molar-refractivity contribution in [2.24, 2.45) is 0 Å². The maximum absolute atomic E-state index is 13.9. The van der Waals surface area contributed by atoms with Crippen molar-refractivity contribution >= 4 is 0 Å². The Kier molecular flexibility index (Phi) is 4.37. The molecule has 2 aliphatic rings. The fraction of sp³-hybridized carbons (Fsp3) is 0.474. The summed E-state index contributed by atoms with van der Waals surface area (Å²) in [5, 5.41) is 4.53. The first-order valence-electron chi connectivity index (χ1n) is 8.88. The van der Waals surface area contributed by atoms with E-state index in [1.165, 1.54) is 12.1 Å². The zero-order chi connectivity index (χ0) is 17.4. The highest BCUT2D eigenvalue weighted by atomic mass is 19.1. The number of nitrogens with zero attached hydrogens (tertiary/aromatic N) is 3. The molecule has 1 aliphatic carbocycles. The predicted octanol–water partition coefficient (Wildman–Crippen LogP) is 2.67. The quantitative estimate of drug-likeness (QED) is 0.855. The van der Waals surface area contributed by atoms with Gasteiger partial charge in [-0.2, -0.15) is 5.10 Å². The fourth-order valence-corrected chi connectivity index (χ4v) is 3.96. The van der Waals surface area contributed by atoms with Gasteiger partial charge in [-0.15, -0.1) is 0 Å². The number of benzene rings is 1. The van der Waals surface area contributed by atoms with Crippen molar-refractivity contribution in [2.75, 3.05) is 6.54 Å². The number of hydrogen-bond acceptors (Lipinski definition) is 3. The molecule has 1 atom stereocenters. The molecule has 2 heterocycles. The van der Waals surface area contributed by atoms with Crippen LogP contribution in [0, 0.1) is 11.6 Å². The summed E-state index contributed by atoms with van der Waals surface area (Å²) in [6.07, 6.45) is 4.84. The van der Waals surface area contributed by atoms with E-state index in [1.54, 1.807) is 10.7 Å². The van der Waals surface area contributed by atoms with Gasteiger partial charge in [0.25, 0.3) is 5.56 Å². The highest BCUT2D eigenvalue weighted by molar-refractivity contribution is 5.22. The third-order valence-electron chi connectivity index (χ3n) is 5.29. The van der Waals surface area contributed by atoms with Crippen LogP contribution in [0.2, 0.25) is 0 Å². The van der Waals surface area contributed by atoms with Crippen molar-refractivity contribution in [3.05, 3.63) is 63.1 Å². The van der Waals surface area contributed by atoms with Crippen LogP contribution in [0.4, 0.5) is 8.78 Å². The summed E-state index contributed by atoms with van der Waals surface area (Å²) >= 11 is 0. The van der Waals surface area contributed by atoms with Crippen LogP contribution in [-0.2, 0) is 25.9 Å². The average Bonchev–Trinajstić information content (AvgIpc) is 3.21. The molecule has 6 heteroatoms. The molecule has 0 radical (unpaired) electrons. The molecule has 4 rings (SSSR count). The molecule has 132 valence electrons. The van der Waals surface area contributed by atoms with E-state index in [0.717, 1.165) is 56.0 Å². The van der Waals surface area contributed by atoms with Gasteiger partial charge in [-0.05, 0) is 62.4 Å². The van der Waals surface area contributed by atoms with Gasteiger partial charge in [0.1, 0.15) is 11.6 Å². The van der Waals surface area contributed by atoms with Crippen LogP contribution in [0.5, 0.6) is 0 Å². The molecule has 2 aromatic rings. The second kappa shape index (κ2) is 6.67. The van der Waals surface area contributed by atoms with Gasteiger partial charge in [-0.3, -0.25) is 9.69 Å². The summed E-state index contributed by atoms with van der Waals surface area (Å²) in [6, 6.07) is 5.38. The van der Waals surface area contributed by atoms with E-state index in [9.17, 15) is 13.6 Å². The Hall–Kier alpha value is -2.08. The summed E-state index contributed by atoms with van der Waals surface area (Å²) in [7, 11) is 0. The summed E-state index contributed by atoms with van der Waals surface area (Å²) in [4.78, 5) is 14.4. The average molecular weight is 345 g/mol. The van der Waals surface area contributed by atoms with Gasteiger partial charge < -0.3 is 0 Å². The smallest absolute Gasteiger partial charge is 0.267 e. The maximum Gasteiger partial charge on any atom is 0.267 e. The Bertz CT molecular complexity index is 849. The third kappa shape index (κ3) is 3.35. The molecule has 1 aromatic carbocycles. The minimum absolute atomic E-state index is 0.0653. The van der Waals surface area contributed by atoms with Gasteiger partial charge in [0.2, 0.25) is 0 Å². The van der Waals surface area contributed by atoms with Crippen molar-refractivity contribution < 1.29 is 8.78 Å². The lowest BCUT2D eigenvalue weighted by molar-refractivity contribution is 0.213. The van der Waals surface area contributed by atoms with Crippen LogP contribution in [0.3, 0.4) is 0 Å². The molecule has 0 N–H and O–H groups in total.